The summed E-state index contributed by atoms with van der Waals surface area (Å²) < 4.78 is 50.2. The summed E-state index contributed by atoms with van der Waals surface area (Å²) in [5.74, 6) is 0.289. The van der Waals surface area contributed by atoms with Gasteiger partial charge in [-0.25, -0.2) is 4.98 Å². The summed E-state index contributed by atoms with van der Waals surface area (Å²) in [7, 11) is 3.00. The van der Waals surface area contributed by atoms with E-state index >= 15 is 0 Å². The first-order valence-corrected chi connectivity index (χ1v) is 9.58. The number of carbonyl (C=O) groups excluding carboxylic acids is 1. The van der Waals surface area contributed by atoms with E-state index in [1.807, 2.05) is 6.92 Å². The van der Waals surface area contributed by atoms with Crippen molar-refractivity contribution >= 4 is 23.0 Å². The number of hydrogen-bond donors (Lipinski definition) is 2. The number of aryl methyl sites for hydroxylation is 2. The van der Waals surface area contributed by atoms with Crippen molar-refractivity contribution in [3.05, 3.63) is 70.9 Å². The maximum absolute atomic E-state index is 13.3. The molecule has 0 fully saturated rings. The molecule has 0 radical (unpaired) electrons. The van der Waals surface area contributed by atoms with Crippen molar-refractivity contribution in [3.63, 3.8) is 0 Å². The van der Waals surface area contributed by atoms with Crippen LogP contribution < -0.4 is 20.1 Å². The number of nitrogens with zero attached hydrogens (tertiary/aromatic N) is 1. The molecule has 2 aromatic carbocycles. The molecule has 3 aromatic rings. The van der Waals surface area contributed by atoms with E-state index in [1.165, 1.54) is 20.3 Å². The summed E-state index contributed by atoms with van der Waals surface area (Å²) in [5.41, 5.74) is 1.38. The Hall–Kier alpha value is -3.75. The van der Waals surface area contributed by atoms with Crippen LogP contribution in [0.15, 0.2) is 48.5 Å². The lowest BCUT2D eigenvalue weighted by Crippen LogP contribution is -2.17. The highest BCUT2D eigenvalue weighted by Gasteiger charge is 2.32. The Morgan fingerprint density at radius 2 is 1.59 bits per heavy atom. The molecule has 0 saturated heterocycles. The van der Waals surface area contributed by atoms with E-state index < -0.39 is 17.6 Å². The van der Waals surface area contributed by atoms with E-state index in [4.69, 9.17) is 9.47 Å². The molecule has 0 atom stereocenters. The van der Waals surface area contributed by atoms with Gasteiger partial charge in [0.05, 0.1) is 42.4 Å². The molecule has 2 N–H and O–H groups in total. The Morgan fingerprint density at radius 1 is 0.906 bits per heavy atom. The van der Waals surface area contributed by atoms with Crippen LogP contribution in [0.5, 0.6) is 11.6 Å². The first-order chi connectivity index (χ1) is 15.1. The number of methoxy groups -OCH3 is 2. The van der Waals surface area contributed by atoms with Crippen molar-refractivity contribution in [2.75, 3.05) is 24.9 Å². The van der Waals surface area contributed by atoms with Gasteiger partial charge in [-0.2, -0.15) is 13.2 Å². The molecule has 1 heterocycles. The first kappa shape index (κ1) is 22.9. The minimum atomic E-state index is -4.60. The molecule has 0 aliphatic carbocycles. The highest BCUT2D eigenvalue weighted by Crippen LogP contribution is 2.34. The Morgan fingerprint density at radius 3 is 2.19 bits per heavy atom. The summed E-state index contributed by atoms with van der Waals surface area (Å²) in [6.45, 7) is 3.48. The lowest BCUT2D eigenvalue weighted by Gasteiger charge is -2.17. The number of pyridine rings is 1. The number of amides is 1. The number of hydrogen-bond acceptors (Lipinski definition) is 5. The van der Waals surface area contributed by atoms with Gasteiger partial charge in [0, 0.05) is 11.8 Å². The van der Waals surface area contributed by atoms with Gasteiger partial charge in [-0.05, 0) is 61.9 Å². The minimum Gasteiger partial charge on any atom is -0.497 e. The Kier molecular flexibility index (Phi) is 6.57. The van der Waals surface area contributed by atoms with Crippen LogP contribution in [0.25, 0.3) is 0 Å². The number of carbonyl (C=O) groups is 1. The molecule has 1 amide bonds. The highest BCUT2D eigenvalue weighted by atomic mass is 19.4. The van der Waals surface area contributed by atoms with Gasteiger partial charge in [0.25, 0.3) is 5.91 Å². The number of nitrogens with one attached hydrogen (secondary N) is 2. The predicted octanol–water partition coefficient (Wildman–Crippen LogP) is 5.73. The van der Waals surface area contributed by atoms with E-state index in [1.54, 1.807) is 37.3 Å². The van der Waals surface area contributed by atoms with Crippen molar-refractivity contribution in [2.45, 2.75) is 20.0 Å². The van der Waals surface area contributed by atoms with Crippen LogP contribution in [0.3, 0.4) is 0 Å². The summed E-state index contributed by atoms with van der Waals surface area (Å²) in [6, 6.07) is 11.3. The molecule has 9 heteroatoms. The molecular formula is C23H22F3N3O3. The molecule has 0 spiro atoms. The van der Waals surface area contributed by atoms with Gasteiger partial charge < -0.3 is 20.1 Å². The fourth-order valence-corrected chi connectivity index (χ4v) is 3.04. The van der Waals surface area contributed by atoms with E-state index in [9.17, 15) is 18.0 Å². The van der Waals surface area contributed by atoms with Gasteiger partial charge in [0.2, 0.25) is 5.88 Å². The molecule has 1 aromatic heterocycles. The van der Waals surface area contributed by atoms with Crippen LogP contribution in [-0.2, 0) is 6.18 Å². The Labute approximate surface area is 183 Å². The third-order valence-corrected chi connectivity index (χ3v) is 4.81. The lowest BCUT2D eigenvalue weighted by molar-refractivity contribution is -0.137. The number of alkyl halides is 3. The molecule has 0 saturated carbocycles. The molecule has 168 valence electrons. The molecule has 0 bridgehead atoms. The van der Waals surface area contributed by atoms with Crippen molar-refractivity contribution in [1.82, 2.24) is 4.98 Å². The number of halogens is 3. The van der Waals surface area contributed by atoms with Crippen molar-refractivity contribution in [1.29, 1.82) is 0 Å². The largest absolute Gasteiger partial charge is 0.497 e. The molecule has 6 nitrogen and oxygen atoms in total. The zero-order chi connectivity index (χ0) is 23.5. The van der Waals surface area contributed by atoms with Crippen LogP contribution in [0, 0.1) is 13.8 Å². The zero-order valence-corrected chi connectivity index (χ0v) is 17.9. The summed E-state index contributed by atoms with van der Waals surface area (Å²) in [6.07, 6.45) is -4.60. The number of rotatable bonds is 6. The minimum absolute atomic E-state index is 0.162. The zero-order valence-electron chi connectivity index (χ0n) is 17.9. The van der Waals surface area contributed by atoms with Crippen LogP contribution in [0.1, 0.15) is 27.2 Å². The second-order valence-corrected chi connectivity index (χ2v) is 7.00. The topological polar surface area (TPSA) is 72.5 Å². The summed E-state index contributed by atoms with van der Waals surface area (Å²) in [4.78, 5) is 17.2. The smallest absolute Gasteiger partial charge is 0.416 e. The standard InChI is InChI=1S/C23H22F3N3O3/c1-13-11-16(31-3)6-8-18(13)28-20-7-5-15(23(24,25)26)12-17(20)22(30)29-19-9-10-21(32-4)27-14(19)2/h5-12,28H,1-4H3,(H,29,30). The number of ether oxygens (including phenoxy) is 2. The molecule has 3 rings (SSSR count). The number of anilines is 3. The van der Waals surface area contributed by atoms with E-state index in [-0.39, 0.29) is 11.3 Å². The molecule has 0 unspecified atom stereocenters. The number of benzene rings is 2. The van der Waals surface area contributed by atoms with Gasteiger partial charge in [-0.1, -0.05) is 0 Å². The third kappa shape index (κ3) is 5.11. The quantitative estimate of drug-likeness (QED) is 0.507. The average molecular weight is 445 g/mol. The first-order valence-electron chi connectivity index (χ1n) is 9.58. The molecule has 32 heavy (non-hydrogen) atoms. The van der Waals surface area contributed by atoms with Crippen molar-refractivity contribution in [2.24, 2.45) is 0 Å². The molecular weight excluding hydrogens is 423 g/mol. The van der Waals surface area contributed by atoms with Crippen LogP contribution >= 0.6 is 0 Å². The third-order valence-electron chi connectivity index (χ3n) is 4.81. The van der Waals surface area contributed by atoms with Gasteiger partial charge in [0.1, 0.15) is 5.75 Å². The second-order valence-electron chi connectivity index (χ2n) is 7.00. The average Bonchev–Trinajstić information content (AvgIpc) is 2.75. The van der Waals surface area contributed by atoms with Gasteiger partial charge >= 0.3 is 6.18 Å². The number of aromatic nitrogens is 1. The fraction of sp³-hybridized carbons (Fsp3) is 0.217. The van der Waals surface area contributed by atoms with Crippen LogP contribution in [0.2, 0.25) is 0 Å². The van der Waals surface area contributed by atoms with Crippen molar-refractivity contribution in [3.8, 4) is 11.6 Å². The summed E-state index contributed by atoms with van der Waals surface area (Å²) >= 11 is 0. The second kappa shape index (κ2) is 9.17. The van der Waals surface area contributed by atoms with Crippen LogP contribution in [-0.4, -0.2) is 25.1 Å². The van der Waals surface area contributed by atoms with Gasteiger partial charge in [0.15, 0.2) is 0 Å². The van der Waals surface area contributed by atoms with Gasteiger partial charge in [-0.3, -0.25) is 4.79 Å². The van der Waals surface area contributed by atoms with E-state index in [2.05, 4.69) is 15.6 Å². The van der Waals surface area contributed by atoms with Crippen LogP contribution in [0.4, 0.5) is 30.2 Å². The van der Waals surface area contributed by atoms with E-state index in [0.717, 1.165) is 17.7 Å². The normalized spacial score (nSPS) is 11.1. The van der Waals surface area contributed by atoms with Crippen molar-refractivity contribution < 1.29 is 27.4 Å². The van der Waals surface area contributed by atoms with E-state index in [0.29, 0.717) is 28.7 Å². The fourth-order valence-electron chi connectivity index (χ4n) is 3.04. The predicted molar refractivity (Wildman–Crippen MR) is 116 cm³/mol. The summed E-state index contributed by atoms with van der Waals surface area (Å²) in [5, 5.41) is 5.68. The Balaban J connectivity index is 1.99. The maximum atomic E-state index is 13.3. The monoisotopic (exact) mass is 445 g/mol. The van der Waals surface area contributed by atoms with Gasteiger partial charge in [-0.15, -0.1) is 0 Å². The highest BCUT2D eigenvalue weighted by molar-refractivity contribution is 6.08. The maximum Gasteiger partial charge on any atom is 0.416 e. The SMILES string of the molecule is COc1ccc(Nc2ccc(C(F)(F)F)cc2C(=O)Nc2ccc(OC)nc2C)c(C)c1. The molecule has 0 aliphatic heterocycles. The molecule has 0 aliphatic rings. The Bertz CT molecular complexity index is 1150. The lowest BCUT2D eigenvalue weighted by atomic mass is 10.1.